The van der Waals surface area contributed by atoms with Gasteiger partial charge in [0.15, 0.2) is 0 Å². The van der Waals surface area contributed by atoms with Crippen LogP contribution in [0.25, 0.3) is 0 Å². The number of likely N-dealkylation sites (N-methyl/N-ethyl adjacent to an activating group) is 1. The number of rotatable bonds is 9. The zero-order chi connectivity index (χ0) is 40.0. The van der Waals surface area contributed by atoms with Crippen LogP contribution in [0.2, 0.25) is 0 Å². The lowest BCUT2D eigenvalue weighted by molar-refractivity contribution is -0.143. The Morgan fingerprint density at radius 2 is 1.52 bits per heavy atom. The van der Waals surface area contributed by atoms with Crippen LogP contribution < -0.4 is 26.6 Å². The van der Waals surface area contributed by atoms with Gasteiger partial charge < -0.3 is 36.4 Å². The van der Waals surface area contributed by atoms with Gasteiger partial charge >= 0.3 is 6.03 Å². The Hall–Kier alpha value is -4.75. The molecular weight excluding hydrogens is 690 g/mol. The summed E-state index contributed by atoms with van der Waals surface area (Å²) in [6.07, 6.45) is 7.74. The Morgan fingerprint density at radius 1 is 0.926 bits per heavy atom. The predicted octanol–water partition coefficient (Wildman–Crippen LogP) is 3.28. The third-order valence-corrected chi connectivity index (χ3v) is 9.80. The van der Waals surface area contributed by atoms with Crippen LogP contribution in [0.3, 0.4) is 0 Å². The molecular formula is C40H61N7O7. The molecule has 0 bridgehead atoms. The largest absolute Gasteiger partial charge is 0.347 e. The van der Waals surface area contributed by atoms with Gasteiger partial charge in [0, 0.05) is 26.2 Å². The van der Waals surface area contributed by atoms with Gasteiger partial charge in [-0.2, -0.15) is 0 Å². The Kier molecular flexibility index (Phi) is 16.7. The van der Waals surface area contributed by atoms with E-state index in [1.54, 1.807) is 44.4 Å². The molecule has 1 aromatic carbocycles. The molecule has 2 aliphatic rings. The molecule has 0 saturated carbocycles. The summed E-state index contributed by atoms with van der Waals surface area (Å²) in [6, 6.07) is 4.16. The third-order valence-electron chi connectivity index (χ3n) is 9.80. The molecule has 7 amide bonds. The Morgan fingerprint density at radius 3 is 2.09 bits per heavy atom. The molecule has 1 aromatic rings. The van der Waals surface area contributed by atoms with E-state index in [9.17, 15) is 33.6 Å². The number of ketones is 1. The van der Waals surface area contributed by atoms with Gasteiger partial charge in [0.2, 0.25) is 29.4 Å². The number of hydrogen-bond donors (Lipinski definition) is 5. The summed E-state index contributed by atoms with van der Waals surface area (Å²) in [5, 5.41) is 13.5. The monoisotopic (exact) mass is 751 g/mol. The molecule has 298 valence electrons. The summed E-state index contributed by atoms with van der Waals surface area (Å²) in [4.78, 5) is 96.7. The maximum Gasteiger partial charge on any atom is 0.315 e. The molecule has 3 rings (SSSR count). The summed E-state index contributed by atoms with van der Waals surface area (Å²) >= 11 is 0. The standard InChI is InChI=1S/C40H61N7O7/c1-26(2)28-23-31-35(50)42-29(34(49)36(51)41-24-32(48)44-33(38(53)46(6)7)27-19-15-14-16-20-27)21-17-12-10-8-9-11-13-18-22-30(37(52)47(31)25-28)43-39(54)45-40(3,4)5/h14-16,19-20,28-31,33H,1,8-13,17-18,21-25H2,2-7H3,(H,41,51)(H,42,50)(H,44,48)(H2,43,45,54)/t28-,29+,30+,31+,33+/m1/s1. The van der Waals surface area contributed by atoms with Gasteiger partial charge in [-0.15, -0.1) is 0 Å². The molecule has 0 radical (unpaired) electrons. The van der Waals surface area contributed by atoms with Crippen molar-refractivity contribution in [2.24, 2.45) is 5.92 Å². The predicted molar refractivity (Wildman–Crippen MR) is 206 cm³/mol. The van der Waals surface area contributed by atoms with Gasteiger partial charge in [0.25, 0.3) is 5.91 Å². The van der Waals surface area contributed by atoms with Crippen LogP contribution in [0, 0.1) is 5.92 Å². The molecule has 2 heterocycles. The highest BCUT2D eigenvalue weighted by atomic mass is 16.2. The molecule has 14 heteroatoms. The summed E-state index contributed by atoms with van der Waals surface area (Å²) in [7, 11) is 3.13. The lowest BCUT2D eigenvalue weighted by Gasteiger charge is -2.30. The third kappa shape index (κ3) is 13.6. The van der Waals surface area contributed by atoms with Crippen molar-refractivity contribution in [3.63, 3.8) is 0 Å². The second-order valence-electron chi connectivity index (χ2n) is 15.8. The van der Waals surface area contributed by atoms with Crippen molar-refractivity contribution in [1.29, 1.82) is 0 Å². The van der Waals surface area contributed by atoms with Crippen molar-refractivity contribution in [3.8, 4) is 0 Å². The summed E-state index contributed by atoms with van der Waals surface area (Å²) < 4.78 is 0. The van der Waals surface area contributed by atoms with Crippen LogP contribution in [0.15, 0.2) is 42.5 Å². The van der Waals surface area contributed by atoms with E-state index in [0.29, 0.717) is 18.4 Å². The Bertz CT molecular complexity index is 1510. The maximum atomic E-state index is 14.2. The summed E-state index contributed by atoms with van der Waals surface area (Å²) in [5.41, 5.74) is 0.825. The lowest BCUT2D eigenvalue weighted by atomic mass is 9.97. The first-order chi connectivity index (χ1) is 25.5. The molecule has 0 unspecified atom stereocenters. The van der Waals surface area contributed by atoms with Crippen molar-refractivity contribution in [3.05, 3.63) is 48.0 Å². The highest BCUT2D eigenvalue weighted by Crippen LogP contribution is 2.30. The smallest absolute Gasteiger partial charge is 0.315 e. The molecule has 2 aliphatic heterocycles. The second kappa shape index (κ2) is 20.6. The topological polar surface area (TPSA) is 186 Å². The van der Waals surface area contributed by atoms with Crippen LogP contribution in [0.5, 0.6) is 0 Å². The molecule has 5 N–H and O–H groups in total. The fraction of sp³-hybridized carbons (Fsp3) is 0.625. The molecule has 14 nitrogen and oxygen atoms in total. The number of urea groups is 1. The maximum absolute atomic E-state index is 14.2. The van der Waals surface area contributed by atoms with E-state index in [1.807, 2.05) is 27.7 Å². The minimum absolute atomic E-state index is 0.186. The van der Waals surface area contributed by atoms with Crippen LogP contribution in [-0.2, 0) is 28.8 Å². The number of carbonyl (C=O) groups excluding carboxylic acids is 7. The first kappa shape index (κ1) is 43.7. The molecule has 2 fully saturated rings. The summed E-state index contributed by atoms with van der Waals surface area (Å²) in [5.74, 6) is -4.16. The SMILES string of the molecule is C=C(C)[C@@H]1C[C@H]2C(=O)N[C@H](C(=O)C(=O)NCC(=O)N[C@H](C(=O)N(C)C)c3ccccc3)CCCCCCCCCC[C@H](NC(=O)NC(C)(C)C)C(=O)N2C1. The number of nitrogens with zero attached hydrogens (tertiary/aromatic N) is 2. The van der Waals surface area contributed by atoms with Gasteiger partial charge in [-0.05, 0) is 58.4 Å². The zero-order valence-corrected chi connectivity index (χ0v) is 32.9. The van der Waals surface area contributed by atoms with Crippen molar-refractivity contribution < 1.29 is 33.6 Å². The molecule has 0 spiro atoms. The van der Waals surface area contributed by atoms with Crippen LogP contribution in [0.4, 0.5) is 4.79 Å². The molecule has 54 heavy (non-hydrogen) atoms. The minimum atomic E-state index is -1.20. The van der Waals surface area contributed by atoms with Crippen LogP contribution >= 0.6 is 0 Å². The first-order valence-corrected chi connectivity index (χ1v) is 19.2. The van der Waals surface area contributed by atoms with Crippen LogP contribution in [0.1, 0.15) is 110 Å². The number of hydrogen-bond acceptors (Lipinski definition) is 7. The molecule has 0 aromatic heterocycles. The average molecular weight is 752 g/mol. The van der Waals surface area contributed by atoms with Gasteiger partial charge in [0.1, 0.15) is 18.1 Å². The summed E-state index contributed by atoms with van der Waals surface area (Å²) in [6.45, 7) is 11.1. The number of nitrogens with one attached hydrogen (secondary N) is 5. The fourth-order valence-electron chi connectivity index (χ4n) is 6.78. The number of amides is 7. The Labute approximate surface area is 320 Å². The van der Waals surface area contributed by atoms with E-state index in [-0.39, 0.29) is 37.1 Å². The average Bonchev–Trinajstić information content (AvgIpc) is 3.57. The zero-order valence-electron chi connectivity index (χ0n) is 32.9. The van der Waals surface area contributed by atoms with Gasteiger partial charge in [0.05, 0.1) is 12.6 Å². The number of fused-ring (bicyclic) bond motifs is 1. The second-order valence-corrected chi connectivity index (χ2v) is 15.8. The van der Waals surface area contributed by atoms with Gasteiger partial charge in [-0.1, -0.05) is 93.9 Å². The van der Waals surface area contributed by atoms with E-state index < -0.39 is 65.8 Å². The highest BCUT2D eigenvalue weighted by Gasteiger charge is 2.43. The number of Topliss-reactive ketones (excluding diaryl/α,β-unsaturated/α-hetero) is 1. The van der Waals surface area contributed by atoms with Crippen molar-refractivity contribution in [2.45, 2.75) is 128 Å². The van der Waals surface area contributed by atoms with E-state index in [1.165, 1.54) is 9.80 Å². The first-order valence-electron chi connectivity index (χ1n) is 19.2. The van der Waals surface area contributed by atoms with Gasteiger partial charge in [-0.3, -0.25) is 28.8 Å². The van der Waals surface area contributed by atoms with Crippen molar-refractivity contribution >= 4 is 41.4 Å². The highest BCUT2D eigenvalue weighted by molar-refractivity contribution is 6.38. The molecule has 5 atom stereocenters. The van der Waals surface area contributed by atoms with Gasteiger partial charge in [-0.25, -0.2) is 4.79 Å². The number of carbonyl (C=O) groups is 7. The number of benzene rings is 1. The van der Waals surface area contributed by atoms with E-state index >= 15 is 0 Å². The quantitative estimate of drug-likeness (QED) is 0.189. The van der Waals surface area contributed by atoms with E-state index in [0.717, 1.165) is 50.5 Å². The van der Waals surface area contributed by atoms with Crippen molar-refractivity contribution in [2.75, 3.05) is 27.2 Å². The van der Waals surface area contributed by atoms with E-state index in [2.05, 4.69) is 33.2 Å². The molecule has 0 aliphatic carbocycles. The minimum Gasteiger partial charge on any atom is -0.347 e. The Balaban J connectivity index is 1.80. The lowest BCUT2D eigenvalue weighted by Crippen LogP contribution is -2.58. The fourth-order valence-corrected chi connectivity index (χ4v) is 6.78. The van der Waals surface area contributed by atoms with Crippen LogP contribution in [-0.4, -0.2) is 102 Å². The van der Waals surface area contributed by atoms with E-state index in [4.69, 9.17) is 0 Å². The molecule has 2 saturated heterocycles. The normalized spacial score (nSPS) is 22.4. The van der Waals surface area contributed by atoms with Crippen molar-refractivity contribution in [1.82, 2.24) is 36.4 Å².